The standard InChI is InChI=1S/C31H36ClN3O5S/c1-5-22(2)33-31(38)29(18-24-11-7-6-8-12-24)34(20-25-13-9-15-27(32)17-25)30(37)21-35(41(4,39)40)28-16-10-14-26(19-28)23(3)36/h6-17,19,22,29H,5,18,20-21H2,1-4H3,(H,33,38). The normalized spacial score (nSPS) is 12.7. The molecular formula is C31H36ClN3O5S. The molecule has 0 saturated carbocycles. The van der Waals surface area contributed by atoms with Crippen LogP contribution in [0.1, 0.15) is 48.7 Å². The predicted molar refractivity (Wildman–Crippen MR) is 162 cm³/mol. The third-order valence-electron chi connectivity index (χ3n) is 6.73. The quantitative estimate of drug-likeness (QED) is 0.283. The van der Waals surface area contributed by atoms with E-state index >= 15 is 0 Å². The second-order valence-electron chi connectivity index (χ2n) is 10.1. The van der Waals surface area contributed by atoms with E-state index in [1.165, 1.54) is 24.0 Å². The number of carbonyl (C=O) groups is 3. The molecule has 0 aliphatic heterocycles. The van der Waals surface area contributed by atoms with Crippen molar-refractivity contribution < 1.29 is 22.8 Å². The Morgan fingerprint density at radius 3 is 2.20 bits per heavy atom. The van der Waals surface area contributed by atoms with Crippen LogP contribution in [-0.4, -0.2) is 55.8 Å². The molecule has 3 aromatic rings. The van der Waals surface area contributed by atoms with E-state index in [1.54, 1.807) is 36.4 Å². The van der Waals surface area contributed by atoms with Crippen LogP contribution < -0.4 is 9.62 Å². The summed E-state index contributed by atoms with van der Waals surface area (Å²) in [4.78, 5) is 41.2. The van der Waals surface area contributed by atoms with Gasteiger partial charge in [0.2, 0.25) is 21.8 Å². The molecule has 0 fully saturated rings. The van der Waals surface area contributed by atoms with Gasteiger partial charge in [0.25, 0.3) is 0 Å². The zero-order valence-corrected chi connectivity index (χ0v) is 25.3. The molecule has 0 heterocycles. The highest BCUT2D eigenvalue weighted by Gasteiger charge is 2.33. The molecule has 3 rings (SSSR count). The fourth-order valence-corrected chi connectivity index (χ4v) is 5.38. The van der Waals surface area contributed by atoms with Gasteiger partial charge >= 0.3 is 0 Å². The van der Waals surface area contributed by atoms with Gasteiger partial charge in [-0.2, -0.15) is 0 Å². The van der Waals surface area contributed by atoms with Gasteiger partial charge in [-0.15, -0.1) is 0 Å². The molecule has 10 heteroatoms. The number of benzene rings is 3. The largest absolute Gasteiger partial charge is 0.352 e. The molecule has 0 radical (unpaired) electrons. The zero-order valence-electron chi connectivity index (χ0n) is 23.7. The van der Waals surface area contributed by atoms with Crippen LogP contribution in [0.3, 0.4) is 0 Å². The first-order valence-electron chi connectivity index (χ1n) is 13.4. The lowest BCUT2D eigenvalue weighted by Gasteiger charge is -2.34. The fourth-order valence-electron chi connectivity index (χ4n) is 4.32. The molecule has 0 spiro atoms. The van der Waals surface area contributed by atoms with Crippen LogP contribution in [0.4, 0.5) is 5.69 Å². The summed E-state index contributed by atoms with van der Waals surface area (Å²) < 4.78 is 26.8. The lowest BCUT2D eigenvalue weighted by molar-refractivity contribution is -0.140. The van der Waals surface area contributed by atoms with Crippen LogP contribution in [0.25, 0.3) is 0 Å². The minimum absolute atomic E-state index is 0.0237. The van der Waals surface area contributed by atoms with Gasteiger partial charge in [-0.25, -0.2) is 8.42 Å². The Morgan fingerprint density at radius 2 is 1.59 bits per heavy atom. The third kappa shape index (κ3) is 9.16. The topological polar surface area (TPSA) is 104 Å². The summed E-state index contributed by atoms with van der Waals surface area (Å²) in [6, 6.07) is 21.3. The van der Waals surface area contributed by atoms with Gasteiger partial charge in [0.05, 0.1) is 11.9 Å². The minimum atomic E-state index is -3.94. The first-order valence-corrected chi connectivity index (χ1v) is 15.6. The second kappa shape index (κ2) is 14.3. The summed E-state index contributed by atoms with van der Waals surface area (Å²) >= 11 is 6.23. The Bertz CT molecular complexity index is 1480. The average Bonchev–Trinajstić information content (AvgIpc) is 2.93. The number of ketones is 1. The van der Waals surface area contributed by atoms with E-state index in [1.807, 2.05) is 44.2 Å². The summed E-state index contributed by atoms with van der Waals surface area (Å²) in [5, 5.41) is 3.46. The highest BCUT2D eigenvalue weighted by molar-refractivity contribution is 7.92. The van der Waals surface area contributed by atoms with Crippen molar-refractivity contribution in [2.75, 3.05) is 17.1 Å². The maximum Gasteiger partial charge on any atom is 0.244 e. The SMILES string of the molecule is CCC(C)NC(=O)C(Cc1ccccc1)N(Cc1cccc(Cl)c1)C(=O)CN(c1cccc(C(C)=O)c1)S(C)(=O)=O. The molecule has 0 saturated heterocycles. The highest BCUT2D eigenvalue weighted by Crippen LogP contribution is 2.22. The zero-order chi connectivity index (χ0) is 30.2. The van der Waals surface area contributed by atoms with Crippen LogP contribution >= 0.6 is 11.6 Å². The number of rotatable bonds is 13. The molecule has 3 aromatic carbocycles. The third-order valence-corrected chi connectivity index (χ3v) is 8.11. The van der Waals surface area contributed by atoms with Gasteiger partial charge in [-0.1, -0.05) is 73.1 Å². The minimum Gasteiger partial charge on any atom is -0.352 e. The molecule has 0 aliphatic rings. The number of amides is 2. The van der Waals surface area contributed by atoms with Crippen molar-refractivity contribution in [2.24, 2.45) is 0 Å². The van der Waals surface area contributed by atoms with Gasteiger partial charge in [-0.05, 0) is 55.7 Å². The molecule has 8 nitrogen and oxygen atoms in total. The average molecular weight is 598 g/mol. The van der Waals surface area contributed by atoms with Gasteiger partial charge in [0, 0.05) is 29.6 Å². The first-order chi connectivity index (χ1) is 19.4. The number of sulfonamides is 1. The highest BCUT2D eigenvalue weighted by atomic mass is 35.5. The van der Waals surface area contributed by atoms with Crippen molar-refractivity contribution in [3.63, 3.8) is 0 Å². The van der Waals surface area contributed by atoms with Crippen molar-refractivity contribution in [3.05, 3.63) is 101 Å². The lowest BCUT2D eigenvalue weighted by Crippen LogP contribution is -2.54. The monoisotopic (exact) mass is 597 g/mol. The Kier molecular flexibility index (Phi) is 11.1. The smallest absolute Gasteiger partial charge is 0.244 e. The van der Waals surface area contributed by atoms with Crippen molar-refractivity contribution in [2.45, 2.75) is 52.2 Å². The number of hydrogen-bond donors (Lipinski definition) is 1. The van der Waals surface area contributed by atoms with Crippen molar-refractivity contribution in [1.29, 1.82) is 0 Å². The van der Waals surface area contributed by atoms with Crippen molar-refractivity contribution in [1.82, 2.24) is 10.2 Å². The molecule has 218 valence electrons. The summed E-state index contributed by atoms with van der Waals surface area (Å²) in [6.45, 7) is 4.67. The molecule has 0 aromatic heterocycles. The van der Waals surface area contributed by atoms with E-state index in [-0.39, 0.29) is 36.4 Å². The van der Waals surface area contributed by atoms with Crippen LogP contribution in [-0.2, 0) is 32.6 Å². The van der Waals surface area contributed by atoms with Gasteiger partial charge < -0.3 is 10.2 Å². The van der Waals surface area contributed by atoms with E-state index in [4.69, 9.17) is 11.6 Å². The Hall–Kier alpha value is -3.69. The Balaban J connectivity index is 2.08. The molecule has 2 atom stereocenters. The summed E-state index contributed by atoms with van der Waals surface area (Å²) in [5.74, 6) is -1.16. The molecular weight excluding hydrogens is 562 g/mol. The summed E-state index contributed by atoms with van der Waals surface area (Å²) in [7, 11) is -3.94. The molecule has 2 amide bonds. The number of Topliss-reactive ketones (excluding diaryl/α,β-unsaturated/α-hetero) is 1. The Morgan fingerprint density at radius 1 is 0.927 bits per heavy atom. The van der Waals surface area contributed by atoms with Gasteiger partial charge in [0.15, 0.2) is 5.78 Å². The van der Waals surface area contributed by atoms with Crippen LogP contribution in [0, 0.1) is 0 Å². The van der Waals surface area contributed by atoms with Crippen LogP contribution in [0.5, 0.6) is 0 Å². The van der Waals surface area contributed by atoms with Crippen molar-refractivity contribution in [3.8, 4) is 0 Å². The molecule has 2 unspecified atom stereocenters. The van der Waals surface area contributed by atoms with E-state index in [2.05, 4.69) is 5.32 Å². The molecule has 0 aliphatic carbocycles. The number of nitrogens with zero attached hydrogens (tertiary/aromatic N) is 2. The van der Waals surface area contributed by atoms with E-state index in [9.17, 15) is 22.8 Å². The maximum absolute atomic E-state index is 14.1. The first kappa shape index (κ1) is 31.8. The second-order valence-corrected chi connectivity index (χ2v) is 12.4. The van der Waals surface area contributed by atoms with Crippen LogP contribution in [0.2, 0.25) is 5.02 Å². The number of nitrogens with one attached hydrogen (secondary N) is 1. The number of anilines is 1. The van der Waals surface area contributed by atoms with Gasteiger partial charge in [0.1, 0.15) is 12.6 Å². The van der Waals surface area contributed by atoms with Crippen molar-refractivity contribution >= 4 is 44.9 Å². The number of halogens is 1. The lowest BCUT2D eigenvalue weighted by atomic mass is 10.0. The molecule has 0 bridgehead atoms. The van der Waals surface area contributed by atoms with Gasteiger partial charge in [-0.3, -0.25) is 18.7 Å². The van der Waals surface area contributed by atoms with Crippen LogP contribution in [0.15, 0.2) is 78.9 Å². The maximum atomic E-state index is 14.1. The predicted octanol–water partition coefficient (Wildman–Crippen LogP) is 4.86. The Labute approximate surface area is 247 Å². The fraction of sp³-hybridized carbons (Fsp3) is 0.323. The molecule has 1 N–H and O–H groups in total. The summed E-state index contributed by atoms with van der Waals surface area (Å²) in [5.41, 5.74) is 2.02. The van der Waals surface area contributed by atoms with E-state index in [0.29, 0.717) is 22.6 Å². The van der Waals surface area contributed by atoms with E-state index < -0.39 is 28.5 Å². The molecule has 41 heavy (non-hydrogen) atoms. The number of carbonyl (C=O) groups excluding carboxylic acids is 3. The number of hydrogen-bond acceptors (Lipinski definition) is 5. The van der Waals surface area contributed by atoms with E-state index in [0.717, 1.165) is 16.1 Å². The summed E-state index contributed by atoms with van der Waals surface area (Å²) in [6.07, 6.45) is 1.91.